The first-order chi connectivity index (χ1) is 14.1. The van der Waals surface area contributed by atoms with E-state index in [1.54, 1.807) is 22.7 Å². The van der Waals surface area contributed by atoms with Crippen molar-refractivity contribution in [2.45, 2.75) is 38.9 Å². The fourth-order valence-corrected chi connectivity index (χ4v) is 3.21. The van der Waals surface area contributed by atoms with Gasteiger partial charge in [0.15, 0.2) is 5.82 Å². The normalized spacial score (nSPS) is 16.5. The van der Waals surface area contributed by atoms with Gasteiger partial charge in [0.05, 0.1) is 31.1 Å². The predicted molar refractivity (Wildman–Crippen MR) is 107 cm³/mol. The topological polar surface area (TPSA) is 82.9 Å². The fourth-order valence-electron chi connectivity index (χ4n) is 3.21. The number of carbonyl (C=O) groups excluding carboxylic acids is 2. The lowest BCUT2D eigenvalue weighted by molar-refractivity contribution is 0.0275. The lowest BCUT2D eigenvalue weighted by atomic mass is 10.2. The molecule has 1 aliphatic heterocycles. The summed E-state index contributed by atoms with van der Waals surface area (Å²) in [6, 6.07) is 2.77. The molecular weight excluding hydrogens is 393 g/mol. The molecule has 30 heavy (non-hydrogen) atoms. The first kappa shape index (κ1) is 21.6. The van der Waals surface area contributed by atoms with Crippen LogP contribution in [0.4, 0.5) is 9.18 Å². The van der Waals surface area contributed by atoms with E-state index in [1.807, 2.05) is 20.8 Å². The number of aromatic nitrogens is 2. The van der Waals surface area contributed by atoms with E-state index in [-0.39, 0.29) is 17.5 Å². The molecule has 2 aromatic heterocycles. The number of hydrogen-bond acceptors (Lipinski definition) is 6. The molecule has 9 heteroatoms. The Bertz CT molecular complexity index is 951. The molecule has 1 amide bonds. The van der Waals surface area contributed by atoms with Crippen LogP contribution in [-0.4, -0.2) is 58.4 Å². The van der Waals surface area contributed by atoms with Crippen LogP contribution in [0.2, 0.25) is 0 Å². The number of pyridine rings is 1. The van der Waals surface area contributed by atoms with Crippen LogP contribution in [-0.2, 0) is 16.5 Å². The maximum Gasteiger partial charge on any atom is 0.410 e. The zero-order chi connectivity index (χ0) is 22.1. The highest BCUT2D eigenvalue weighted by Crippen LogP contribution is 2.27. The van der Waals surface area contributed by atoms with Crippen LogP contribution in [0, 0.1) is 5.82 Å². The zero-order valence-electron chi connectivity index (χ0n) is 17.8. The molecule has 0 aliphatic carbocycles. The Morgan fingerprint density at radius 2 is 2.00 bits per heavy atom. The quantitative estimate of drug-likeness (QED) is 0.707. The van der Waals surface area contributed by atoms with Gasteiger partial charge < -0.3 is 23.7 Å². The number of aryl methyl sites for hydroxylation is 1. The third kappa shape index (κ3) is 4.90. The van der Waals surface area contributed by atoms with Crippen LogP contribution >= 0.6 is 0 Å². The van der Waals surface area contributed by atoms with Crippen molar-refractivity contribution in [1.29, 1.82) is 0 Å². The Morgan fingerprint density at radius 1 is 1.27 bits per heavy atom. The van der Waals surface area contributed by atoms with Crippen molar-refractivity contribution in [1.82, 2.24) is 14.5 Å². The molecule has 0 spiro atoms. The Hall–Kier alpha value is -3.10. The van der Waals surface area contributed by atoms with Gasteiger partial charge in [0.1, 0.15) is 23.1 Å². The summed E-state index contributed by atoms with van der Waals surface area (Å²) in [7, 11) is 2.98. The minimum atomic E-state index is -0.577. The van der Waals surface area contributed by atoms with Gasteiger partial charge in [-0.15, -0.1) is 0 Å². The number of hydrogen-bond donors (Lipinski definition) is 0. The zero-order valence-corrected chi connectivity index (χ0v) is 17.8. The molecule has 0 radical (unpaired) electrons. The van der Waals surface area contributed by atoms with E-state index in [9.17, 15) is 14.0 Å². The van der Waals surface area contributed by atoms with Crippen molar-refractivity contribution < 1.29 is 28.2 Å². The second kappa shape index (κ2) is 8.33. The van der Waals surface area contributed by atoms with E-state index >= 15 is 0 Å². The van der Waals surface area contributed by atoms with E-state index in [0.29, 0.717) is 30.8 Å². The summed E-state index contributed by atoms with van der Waals surface area (Å²) < 4.78 is 32.2. The molecule has 1 atom stereocenters. The number of methoxy groups -OCH3 is 1. The number of carbonyl (C=O) groups is 2. The molecule has 0 aromatic carbocycles. The van der Waals surface area contributed by atoms with Gasteiger partial charge in [-0.05, 0) is 26.8 Å². The van der Waals surface area contributed by atoms with E-state index in [4.69, 9.17) is 14.2 Å². The smallest absolute Gasteiger partial charge is 0.410 e. The van der Waals surface area contributed by atoms with E-state index < -0.39 is 23.5 Å². The maximum atomic E-state index is 14.7. The first-order valence-corrected chi connectivity index (χ1v) is 9.62. The Labute approximate surface area is 174 Å². The summed E-state index contributed by atoms with van der Waals surface area (Å²) in [5.41, 5.74) is 0.284. The molecule has 0 N–H and O–H groups in total. The molecule has 0 saturated carbocycles. The molecular formula is C21H26FN3O5. The van der Waals surface area contributed by atoms with Gasteiger partial charge in [-0.2, -0.15) is 0 Å². The van der Waals surface area contributed by atoms with Crippen molar-refractivity contribution in [3.63, 3.8) is 0 Å². The molecule has 3 heterocycles. The molecule has 8 nitrogen and oxygen atoms in total. The number of ether oxygens (including phenoxy) is 3. The van der Waals surface area contributed by atoms with E-state index in [2.05, 4.69) is 4.98 Å². The fraction of sp³-hybridized carbons (Fsp3) is 0.476. The number of likely N-dealkylation sites (tertiary alicyclic amines) is 1. The minimum absolute atomic E-state index is 0.0989. The standard InChI is InChI=1S/C21H26FN3O5/c1-21(2,3)30-20(27)25-7-6-14(12-25)29-15-9-16(22)18(23-10-15)17-8-13(11-24(17)4)19(26)28-5/h8-11,14H,6-7,12H2,1-5H3/t14-/m0/s1. The average Bonchev–Trinajstić information content (AvgIpc) is 3.27. The molecule has 1 saturated heterocycles. The maximum absolute atomic E-state index is 14.7. The van der Waals surface area contributed by atoms with Crippen LogP contribution in [0.25, 0.3) is 11.4 Å². The van der Waals surface area contributed by atoms with Crippen molar-refractivity contribution in [3.05, 3.63) is 35.9 Å². The minimum Gasteiger partial charge on any atom is -0.487 e. The van der Waals surface area contributed by atoms with Crippen LogP contribution in [0.1, 0.15) is 37.6 Å². The third-order valence-corrected chi connectivity index (χ3v) is 4.58. The van der Waals surface area contributed by atoms with Gasteiger partial charge in [0, 0.05) is 32.3 Å². The molecule has 162 valence electrons. The summed E-state index contributed by atoms with van der Waals surface area (Å²) in [5.74, 6) is -0.810. The van der Waals surface area contributed by atoms with Crippen molar-refractivity contribution >= 4 is 12.1 Å². The summed E-state index contributed by atoms with van der Waals surface area (Å²) in [5, 5.41) is 0. The first-order valence-electron chi connectivity index (χ1n) is 9.62. The Kier molecular flexibility index (Phi) is 6.00. The van der Waals surface area contributed by atoms with Crippen LogP contribution in [0.15, 0.2) is 24.5 Å². The van der Waals surface area contributed by atoms with Crippen LogP contribution < -0.4 is 4.74 Å². The third-order valence-electron chi connectivity index (χ3n) is 4.58. The lowest BCUT2D eigenvalue weighted by Crippen LogP contribution is -2.36. The average molecular weight is 419 g/mol. The summed E-state index contributed by atoms with van der Waals surface area (Å²) in [6.07, 6.45) is 2.93. The van der Waals surface area contributed by atoms with Crippen LogP contribution in [0.3, 0.4) is 0 Å². The van der Waals surface area contributed by atoms with Crippen LogP contribution in [0.5, 0.6) is 5.75 Å². The molecule has 1 aliphatic rings. The Morgan fingerprint density at radius 3 is 2.63 bits per heavy atom. The summed E-state index contributed by atoms with van der Waals surface area (Å²) >= 11 is 0. The number of halogens is 1. The number of amides is 1. The summed E-state index contributed by atoms with van der Waals surface area (Å²) in [4.78, 5) is 29.6. The lowest BCUT2D eigenvalue weighted by Gasteiger charge is -2.24. The number of esters is 1. The highest BCUT2D eigenvalue weighted by atomic mass is 19.1. The molecule has 0 bridgehead atoms. The molecule has 3 rings (SSSR count). The molecule has 1 fully saturated rings. The van der Waals surface area contributed by atoms with Gasteiger partial charge in [-0.25, -0.2) is 19.0 Å². The SMILES string of the molecule is COC(=O)c1cc(-c2ncc(O[C@H]3CCN(C(=O)OC(C)(C)C)C3)cc2F)n(C)c1. The Balaban J connectivity index is 1.68. The highest BCUT2D eigenvalue weighted by Gasteiger charge is 2.31. The van der Waals surface area contributed by atoms with E-state index in [0.717, 1.165) is 0 Å². The van der Waals surface area contributed by atoms with Crippen molar-refractivity contribution in [2.24, 2.45) is 7.05 Å². The number of rotatable bonds is 4. The van der Waals surface area contributed by atoms with Gasteiger partial charge in [-0.3, -0.25) is 0 Å². The summed E-state index contributed by atoms with van der Waals surface area (Å²) in [6.45, 7) is 6.30. The van der Waals surface area contributed by atoms with Gasteiger partial charge in [-0.1, -0.05) is 0 Å². The number of nitrogens with zero attached hydrogens (tertiary/aromatic N) is 3. The second-order valence-electron chi connectivity index (χ2n) is 8.17. The highest BCUT2D eigenvalue weighted by molar-refractivity contribution is 5.90. The molecule has 2 aromatic rings. The molecule has 0 unspecified atom stereocenters. The van der Waals surface area contributed by atoms with E-state index in [1.165, 1.54) is 25.4 Å². The largest absolute Gasteiger partial charge is 0.487 e. The predicted octanol–water partition coefficient (Wildman–Crippen LogP) is 3.40. The van der Waals surface area contributed by atoms with Gasteiger partial charge >= 0.3 is 12.1 Å². The second-order valence-corrected chi connectivity index (χ2v) is 8.17. The monoisotopic (exact) mass is 419 g/mol. The van der Waals surface area contributed by atoms with Gasteiger partial charge in [0.2, 0.25) is 0 Å². The van der Waals surface area contributed by atoms with Crippen molar-refractivity contribution in [2.75, 3.05) is 20.2 Å². The van der Waals surface area contributed by atoms with Gasteiger partial charge in [0.25, 0.3) is 0 Å². The van der Waals surface area contributed by atoms with Crippen molar-refractivity contribution in [3.8, 4) is 17.1 Å².